The molecule has 0 unspecified atom stereocenters. The third kappa shape index (κ3) is 3.21. The quantitative estimate of drug-likeness (QED) is 0.288. The molecule has 1 aromatic carbocycles. The lowest BCUT2D eigenvalue weighted by molar-refractivity contribution is -0.384. The number of nitrogens with zero attached hydrogens (tertiary/aromatic N) is 3. The van der Waals surface area contributed by atoms with Gasteiger partial charge in [0.05, 0.1) is 10.3 Å². The summed E-state index contributed by atoms with van der Waals surface area (Å²) in [6, 6.07) is 9.54. The fourth-order valence-electron chi connectivity index (χ4n) is 4.26. The summed E-state index contributed by atoms with van der Waals surface area (Å²) < 4.78 is 7.83. The van der Waals surface area contributed by atoms with Crippen molar-refractivity contribution in [3.63, 3.8) is 0 Å². The van der Waals surface area contributed by atoms with Gasteiger partial charge in [-0.3, -0.25) is 19.7 Å². The number of nitro benzene ring substituents is 1. The molecular weight excluding hydrogens is 462 g/mol. The van der Waals surface area contributed by atoms with E-state index in [1.54, 1.807) is 34.7 Å². The maximum absolute atomic E-state index is 13.3. The van der Waals surface area contributed by atoms with E-state index in [4.69, 9.17) is 4.42 Å². The Kier molecular flexibility index (Phi) is 4.52. The number of thiophene rings is 1. The van der Waals surface area contributed by atoms with Crippen LogP contribution in [-0.2, 0) is 12.8 Å². The van der Waals surface area contributed by atoms with Gasteiger partial charge in [-0.15, -0.1) is 11.3 Å². The van der Waals surface area contributed by atoms with E-state index in [9.17, 15) is 19.7 Å². The molecule has 8 nitrogen and oxygen atoms in total. The zero-order chi connectivity index (χ0) is 22.7. The SMILES string of the molecule is O=c1nc2s/c(=C\c3ccc(-c4ccc([N+](=O)[O-])cc4)o3)c(=O)n2c2sc3c(c12)CCCC3. The number of hydrogen-bond acceptors (Lipinski definition) is 8. The first kappa shape index (κ1) is 20.0. The van der Waals surface area contributed by atoms with Crippen LogP contribution in [0.1, 0.15) is 29.0 Å². The zero-order valence-corrected chi connectivity index (χ0v) is 18.7. The molecule has 0 N–H and O–H groups in total. The number of aryl methyl sites for hydroxylation is 2. The molecule has 0 atom stereocenters. The van der Waals surface area contributed by atoms with Crippen molar-refractivity contribution in [3.8, 4) is 11.3 Å². The van der Waals surface area contributed by atoms with Crippen LogP contribution in [0.4, 0.5) is 5.69 Å². The molecule has 33 heavy (non-hydrogen) atoms. The molecule has 10 heteroatoms. The minimum atomic E-state index is -0.456. The fourth-order valence-corrected chi connectivity index (χ4v) is 6.64. The molecule has 0 bridgehead atoms. The van der Waals surface area contributed by atoms with Gasteiger partial charge in [-0.05, 0) is 55.5 Å². The Morgan fingerprint density at radius 2 is 1.85 bits per heavy atom. The third-order valence-corrected chi connectivity index (χ3v) is 8.08. The highest BCUT2D eigenvalue weighted by atomic mass is 32.1. The molecule has 0 fully saturated rings. The van der Waals surface area contributed by atoms with Gasteiger partial charge in [0.15, 0.2) is 0 Å². The van der Waals surface area contributed by atoms with Crippen LogP contribution in [0.25, 0.3) is 32.6 Å². The Bertz CT molecular complexity index is 1740. The highest BCUT2D eigenvalue weighted by molar-refractivity contribution is 7.19. The number of hydrogen-bond donors (Lipinski definition) is 0. The molecule has 0 saturated carbocycles. The molecule has 1 aliphatic carbocycles. The molecule has 0 saturated heterocycles. The average Bonchev–Trinajstić information content (AvgIpc) is 3.50. The van der Waals surface area contributed by atoms with Gasteiger partial charge in [0.2, 0.25) is 4.96 Å². The van der Waals surface area contributed by atoms with E-state index in [0.29, 0.717) is 36.8 Å². The maximum atomic E-state index is 13.3. The lowest BCUT2D eigenvalue weighted by atomic mass is 9.97. The lowest BCUT2D eigenvalue weighted by Crippen LogP contribution is -2.24. The summed E-state index contributed by atoms with van der Waals surface area (Å²) in [7, 11) is 0. The first-order chi connectivity index (χ1) is 16.0. The summed E-state index contributed by atoms with van der Waals surface area (Å²) in [5.41, 5.74) is 1.26. The molecule has 4 aromatic heterocycles. The van der Waals surface area contributed by atoms with Crippen molar-refractivity contribution in [2.45, 2.75) is 25.7 Å². The molecule has 6 rings (SSSR count). The largest absolute Gasteiger partial charge is 0.457 e. The number of furan rings is 1. The number of rotatable bonds is 3. The minimum absolute atomic E-state index is 0.00204. The minimum Gasteiger partial charge on any atom is -0.457 e. The van der Waals surface area contributed by atoms with Crippen LogP contribution in [0.3, 0.4) is 0 Å². The first-order valence-corrected chi connectivity index (χ1v) is 12.0. The van der Waals surface area contributed by atoms with Crippen LogP contribution in [0.5, 0.6) is 0 Å². The van der Waals surface area contributed by atoms with E-state index in [1.807, 2.05) is 0 Å². The molecule has 0 amide bonds. The molecule has 4 heterocycles. The van der Waals surface area contributed by atoms with Crippen LogP contribution in [-0.4, -0.2) is 14.3 Å². The monoisotopic (exact) mass is 477 g/mol. The summed E-state index contributed by atoms with van der Waals surface area (Å²) in [6.45, 7) is 0. The van der Waals surface area contributed by atoms with Gasteiger partial charge < -0.3 is 4.42 Å². The van der Waals surface area contributed by atoms with Crippen LogP contribution in [0.15, 0.2) is 50.4 Å². The first-order valence-electron chi connectivity index (χ1n) is 10.4. The summed E-state index contributed by atoms with van der Waals surface area (Å²) in [4.78, 5) is 42.8. The summed E-state index contributed by atoms with van der Waals surface area (Å²) in [6.07, 6.45) is 5.57. The molecule has 5 aromatic rings. The topological polar surface area (TPSA) is 108 Å². The summed E-state index contributed by atoms with van der Waals surface area (Å²) in [5.74, 6) is 1.00. The Labute approximate surface area is 193 Å². The van der Waals surface area contributed by atoms with Gasteiger partial charge in [-0.2, -0.15) is 4.98 Å². The standard InChI is InChI=1S/C23H15N3O5S2/c27-20-19-15-3-1-2-4-17(15)32-22(19)25-21(28)18(33-23(25)24-20)11-14-9-10-16(31-14)12-5-7-13(8-6-12)26(29)30/h5-11H,1-4H2/b18-11-. The Hall–Kier alpha value is -3.63. The van der Waals surface area contributed by atoms with E-state index in [2.05, 4.69) is 4.98 Å². The molecule has 0 aliphatic heterocycles. The molecule has 0 spiro atoms. The van der Waals surface area contributed by atoms with E-state index in [0.717, 1.165) is 42.6 Å². The van der Waals surface area contributed by atoms with Gasteiger partial charge in [0.1, 0.15) is 20.9 Å². The van der Waals surface area contributed by atoms with Gasteiger partial charge in [-0.1, -0.05) is 11.3 Å². The zero-order valence-electron chi connectivity index (χ0n) is 17.1. The van der Waals surface area contributed by atoms with Crippen molar-refractivity contribution in [1.29, 1.82) is 0 Å². The van der Waals surface area contributed by atoms with Gasteiger partial charge in [-0.25, -0.2) is 4.40 Å². The number of non-ortho nitro benzene ring substituents is 1. The van der Waals surface area contributed by atoms with Crippen molar-refractivity contribution in [2.24, 2.45) is 0 Å². The number of nitro groups is 1. The van der Waals surface area contributed by atoms with E-state index < -0.39 is 4.92 Å². The Morgan fingerprint density at radius 3 is 2.64 bits per heavy atom. The van der Waals surface area contributed by atoms with Gasteiger partial charge in [0.25, 0.3) is 16.8 Å². The average molecular weight is 478 g/mol. The molecule has 1 aliphatic rings. The fraction of sp³-hybridized carbons (Fsp3) is 0.174. The van der Waals surface area contributed by atoms with Crippen molar-refractivity contribution >= 4 is 49.6 Å². The Balaban J connectivity index is 1.46. The third-order valence-electron chi connectivity index (χ3n) is 5.84. The molecule has 164 valence electrons. The van der Waals surface area contributed by atoms with Crippen molar-refractivity contribution in [2.75, 3.05) is 0 Å². The number of thiazole rings is 1. The van der Waals surface area contributed by atoms with E-state index in [-0.39, 0.29) is 16.8 Å². The van der Waals surface area contributed by atoms with Gasteiger partial charge >= 0.3 is 0 Å². The second-order valence-electron chi connectivity index (χ2n) is 7.85. The maximum Gasteiger partial charge on any atom is 0.282 e. The highest BCUT2D eigenvalue weighted by Gasteiger charge is 2.22. The smallest absolute Gasteiger partial charge is 0.282 e. The van der Waals surface area contributed by atoms with E-state index >= 15 is 0 Å². The number of aromatic nitrogens is 2. The number of benzene rings is 1. The lowest BCUT2D eigenvalue weighted by Gasteiger charge is -2.09. The Morgan fingerprint density at radius 1 is 1.06 bits per heavy atom. The number of fused-ring (bicyclic) bond motifs is 5. The van der Waals surface area contributed by atoms with Crippen molar-refractivity contribution < 1.29 is 9.34 Å². The predicted molar refractivity (Wildman–Crippen MR) is 127 cm³/mol. The second kappa shape index (κ2) is 7.46. The van der Waals surface area contributed by atoms with Crippen LogP contribution in [0, 0.1) is 10.1 Å². The summed E-state index contributed by atoms with van der Waals surface area (Å²) >= 11 is 2.69. The summed E-state index contributed by atoms with van der Waals surface area (Å²) in [5, 5.41) is 11.4. The van der Waals surface area contributed by atoms with Crippen LogP contribution < -0.4 is 15.7 Å². The normalized spacial score (nSPS) is 14.2. The predicted octanol–water partition coefficient (Wildman–Crippen LogP) is 3.93. The van der Waals surface area contributed by atoms with Crippen molar-refractivity contribution in [1.82, 2.24) is 9.38 Å². The van der Waals surface area contributed by atoms with E-state index in [1.165, 1.54) is 28.3 Å². The molecular formula is C23H15N3O5S2. The van der Waals surface area contributed by atoms with Gasteiger partial charge in [0, 0.05) is 28.6 Å². The highest BCUT2D eigenvalue weighted by Crippen LogP contribution is 2.34. The molecule has 0 radical (unpaired) electrons. The second-order valence-corrected chi connectivity index (χ2v) is 9.94. The van der Waals surface area contributed by atoms with Crippen LogP contribution in [0.2, 0.25) is 0 Å². The van der Waals surface area contributed by atoms with Crippen LogP contribution >= 0.6 is 22.7 Å². The van der Waals surface area contributed by atoms with Crippen molar-refractivity contribution in [3.05, 3.63) is 88.0 Å².